The minimum Gasteiger partial charge on any atom is -0.434 e. The van der Waals surface area contributed by atoms with Crippen molar-refractivity contribution in [1.29, 1.82) is 0 Å². The Morgan fingerprint density at radius 3 is 2.62 bits per heavy atom. The van der Waals surface area contributed by atoms with Crippen LogP contribution in [0.2, 0.25) is 0 Å². The zero-order chi connectivity index (χ0) is 14.8. The maximum absolute atomic E-state index is 11.0. The molecule has 0 spiro atoms. The summed E-state index contributed by atoms with van der Waals surface area (Å²) in [5, 5.41) is 11.0. The fraction of sp³-hybridized carbons (Fsp3) is 0.0714. The molecular formula is C14H10N4O3. The van der Waals surface area contributed by atoms with Crippen LogP contribution in [0.3, 0.4) is 0 Å². The first kappa shape index (κ1) is 12.9. The van der Waals surface area contributed by atoms with Crippen LogP contribution in [0.15, 0.2) is 42.9 Å². The molecule has 2 aromatic heterocycles. The molecule has 0 atom stereocenters. The van der Waals surface area contributed by atoms with Crippen LogP contribution in [0.4, 0.5) is 5.69 Å². The van der Waals surface area contributed by atoms with Gasteiger partial charge in [0, 0.05) is 30.7 Å². The van der Waals surface area contributed by atoms with E-state index >= 15 is 0 Å². The monoisotopic (exact) mass is 282 g/mol. The molecule has 7 heteroatoms. The summed E-state index contributed by atoms with van der Waals surface area (Å²) in [5.74, 6) is 0.372. The van der Waals surface area contributed by atoms with Crippen LogP contribution in [0.5, 0.6) is 11.6 Å². The molecule has 0 unspecified atom stereocenters. The van der Waals surface area contributed by atoms with Gasteiger partial charge in [-0.05, 0) is 24.6 Å². The SMILES string of the molecule is Cc1cnc(Oc2ccc3nccnc3c2)c([N+](=O)[O-])c1. The Morgan fingerprint density at radius 2 is 1.86 bits per heavy atom. The average molecular weight is 282 g/mol. The van der Waals surface area contributed by atoms with Gasteiger partial charge in [-0.1, -0.05) is 0 Å². The standard InChI is InChI=1S/C14H10N4O3/c1-9-6-13(18(19)20)14(17-8-9)21-10-2-3-11-12(7-10)16-5-4-15-11/h2-8H,1H3. The quantitative estimate of drug-likeness (QED) is 0.541. The molecule has 0 fully saturated rings. The summed E-state index contributed by atoms with van der Waals surface area (Å²) in [6.45, 7) is 1.73. The number of nitrogens with zero attached hydrogens (tertiary/aromatic N) is 4. The number of hydrogen-bond acceptors (Lipinski definition) is 6. The molecule has 0 radical (unpaired) electrons. The lowest BCUT2D eigenvalue weighted by atomic mass is 10.3. The topological polar surface area (TPSA) is 91.0 Å². The molecule has 0 aliphatic heterocycles. The van der Waals surface area contributed by atoms with Crippen LogP contribution in [-0.2, 0) is 0 Å². The van der Waals surface area contributed by atoms with E-state index in [1.165, 1.54) is 12.3 Å². The maximum atomic E-state index is 11.0. The number of fused-ring (bicyclic) bond motifs is 1. The van der Waals surface area contributed by atoms with Crippen molar-refractivity contribution in [3.63, 3.8) is 0 Å². The highest BCUT2D eigenvalue weighted by molar-refractivity contribution is 5.75. The first-order chi connectivity index (χ1) is 10.1. The van der Waals surface area contributed by atoms with Crippen LogP contribution >= 0.6 is 0 Å². The number of rotatable bonds is 3. The third-order valence-corrected chi connectivity index (χ3v) is 2.82. The van der Waals surface area contributed by atoms with Gasteiger partial charge in [-0.25, -0.2) is 4.98 Å². The molecule has 104 valence electrons. The van der Waals surface area contributed by atoms with Gasteiger partial charge >= 0.3 is 5.69 Å². The molecule has 0 aliphatic rings. The summed E-state index contributed by atoms with van der Waals surface area (Å²) in [7, 11) is 0. The Hall–Kier alpha value is -3.09. The Balaban J connectivity index is 2.00. The fourth-order valence-corrected chi connectivity index (χ4v) is 1.87. The molecule has 0 bridgehead atoms. The van der Waals surface area contributed by atoms with Crippen molar-refractivity contribution in [2.75, 3.05) is 0 Å². The molecule has 0 aliphatic carbocycles. The molecule has 0 saturated carbocycles. The normalized spacial score (nSPS) is 10.5. The first-order valence-corrected chi connectivity index (χ1v) is 6.13. The van der Waals surface area contributed by atoms with Gasteiger partial charge in [0.2, 0.25) is 0 Å². The van der Waals surface area contributed by atoms with Gasteiger partial charge in [-0.2, -0.15) is 0 Å². The summed E-state index contributed by atoms with van der Waals surface area (Å²) in [6.07, 6.45) is 4.68. The zero-order valence-electron chi connectivity index (χ0n) is 11.1. The molecule has 0 amide bonds. The third kappa shape index (κ3) is 2.62. The summed E-state index contributed by atoms with van der Waals surface area (Å²) in [4.78, 5) is 22.8. The van der Waals surface area contributed by atoms with E-state index in [9.17, 15) is 10.1 Å². The maximum Gasteiger partial charge on any atom is 0.331 e. The summed E-state index contributed by atoms with van der Waals surface area (Å²) < 4.78 is 5.51. The van der Waals surface area contributed by atoms with Crippen molar-refractivity contribution >= 4 is 16.7 Å². The van der Waals surface area contributed by atoms with Gasteiger partial charge in [0.15, 0.2) is 0 Å². The van der Waals surface area contributed by atoms with Gasteiger partial charge in [0.05, 0.1) is 16.0 Å². The number of ether oxygens (including phenoxy) is 1. The molecule has 0 N–H and O–H groups in total. The predicted molar refractivity (Wildman–Crippen MR) is 75.2 cm³/mol. The van der Waals surface area contributed by atoms with E-state index < -0.39 is 4.92 Å². The lowest BCUT2D eigenvalue weighted by Crippen LogP contribution is -1.97. The Kier molecular flexibility index (Phi) is 3.15. The number of aryl methyl sites for hydroxylation is 1. The van der Waals surface area contributed by atoms with Crippen molar-refractivity contribution in [2.24, 2.45) is 0 Å². The van der Waals surface area contributed by atoms with Crippen molar-refractivity contribution in [1.82, 2.24) is 15.0 Å². The number of pyridine rings is 1. The number of benzene rings is 1. The Bertz CT molecular complexity index is 835. The number of nitro groups is 1. The van der Waals surface area contributed by atoms with Gasteiger partial charge in [-0.15, -0.1) is 0 Å². The second-order valence-electron chi connectivity index (χ2n) is 4.40. The van der Waals surface area contributed by atoms with E-state index in [4.69, 9.17) is 4.74 Å². The molecule has 1 aromatic carbocycles. The summed E-state index contributed by atoms with van der Waals surface area (Å²) >= 11 is 0. The molecule has 3 aromatic rings. The minimum atomic E-state index is -0.518. The third-order valence-electron chi connectivity index (χ3n) is 2.82. The van der Waals surface area contributed by atoms with E-state index in [-0.39, 0.29) is 11.6 Å². The molecule has 2 heterocycles. The predicted octanol–water partition coefficient (Wildman–Crippen LogP) is 3.03. The number of hydrogen-bond donors (Lipinski definition) is 0. The molecule has 7 nitrogen and oxygen atoms in total. The average Bonchev–Trinajstić information content (AvgIpc) is 2.49. The highest BCUT2D eigenvalue weighted by Crippen LogP contribution is 2.30. The first-order valence-electron chi connectivity index (χ1n) is 6.13. The van der Waals surface area contributed by atoms with E-state index in [0.717, 1.165) is 5.52 Å². The fourth-order valence-electron chi connectivity index (χ4n) is 1.87. The lowest BCUT2D eigenvalue weighted by Gasteiger charge is -2.06. The van der Waals surface area contributed by atoms with Gasteiger partial charge in [0.1, 0.15) is 5.75 Å². The Labute approximate surface area is 119 Å². The highest BCUT2D eigenvalue weighted by Gasteiger charge is 2.18. The molecule has 21 heavy (non-hydrogen) atoms. The second-order valence-corrected chi connectivity index (χ2v) is 4.40. The molecule has 3 rings (SSSR count). The van der Waals surface area contributed by atoms with Crippen molar-refractivity contribution in [2.45, 2.75) is 6.92 Å². The van der Waals surface area contributed by atoms with E-state index in [1.54, 1.807) is 37.5 Å². The second kappa shape index (κ2) is 5.12. The van der Waals surface area contributed by atoms with Crippen LogP contribution in [0.25, 0.3) is 11.0 Å². The van der Waals surface area contributed by atoms with Gasteiger partial charge in [0.25, 0.3) is 5.88 Å². The minimum absolute atomic E-state index is 0.0474. The molecule has 0 saturated heterocycles. The Morgan fingerprint density at radius 1 is 1.10 bits per heavy atom. The smallest absolute Gasteiger partial charge is 0.331 e. The van der Waals surface area contributed by atoms with Crippen molar-refractivity contribution < 1.29 is 9.66 Å². The summed E-state index contributed by atoms with van der Waals surface area (Å²) in [5.41, 5.74) is 1.88. The number of aromatic nitrogens is 3. The van der Waals surface area contributed by atoms with Crippen LogP contribution in [0.1, 0.15) is 5.56 Å². The van der Waals surface area contributed by atoms with E-state index in [2.05, 4.69) is 15.0 Å². The van der Waals surface area contributed by atoms with Crippen LogP contribution < -0.4 is 4.74 Å². The van der Waals surface area contributed by atoms with Gasteiger partial charge < -0.3 is 4.74 Å². The van der Waals surface area contributed by atoms with Crippen molar-refractivity contribution in [3.05, 3.63) is 58.5 Å². The van der Waals surface area contributed by atoms with E-state index in [0.29, 0.717) is 16.8 Å². The zero-order valence-corrected chi connectivity index (χ0v) is 11.1. The van der Waals surface area contributed by atoms with E-state index in [1.807, 2.05) is 0 Å². The lowest BCUT2D eigenvalue weighted by molar-refractivity contribution is -0.386. The van der Waals surface area contributed by atoms with Gasteiger partial charge in [-0.3, -0.25) is 20.1 Å². The highest BCUT2D eigenvalue weighted by atomic mass is 16.6. The summed E-state index contributed by atoms with van der Waals surface area (Å²) in [6, 6.07) is 6.48. The van der Waals surface area contributed by atoms with Crippen molar-refractivity contribution in [3.8, 4) is 11.6 Å². The van der Waals surface area contributed by atoms with Crippen LogP contribution in [-0.4, -0.2) is 19.9 Å². The van der Waals surface area contributed by atoms with Crippen LogP contribution in [0, 0.1) is 17.0 Å². The largest absolute Gasteiger partial charge is 0.434 e. The molecular weight excluding hydrogens is 272 g/mol.